The normalized spacial score (nSPS) is 18.9. The maximum atomic E-state index is 12.4. The van der Waals surface area contributed by atoms with E-state index in [0.717, 1.165) is 11.4 Å². The van der Waals surface area contributed by atoms with Crippen molar-refractivity contribution in [1.82, 2.24) is 9.78 Å². The van der Waals surface area contributed by atoms with Crippen molar-refractivity contribution in [2.24, 2.45) is 0 Å². The molecule has 1 atom stereocenters. The molecule has 2 heterocycles. The first-order valence-corrected chi connectivity index (χ1v) is 9.92. The number of anilines is 2. The maximum Gasteiger partial charge on any atom is 0.276 e. The Labute approximate surface area is 147 Å². The topological polar surface area (TPSA) is 84.3 Å². The third-order valence-corrected chi connectivity index (χ3v) is 6.10. The van der Waals surface area contributed by atoms with E-state index in [9.17, 15) is 13.2 Å². The second kappa shape index (κ2) is 6.51. The van der Waals surface area contributed by atoms with Gasteiger partial charge in [-0.25, -0.2) is 8.42 Å². The molecule has 1 saturated heterocycles. The average molecular weight is 362 g/mol. The van der Waals surface area contributed by atoms with E-state index in [-0.39, 0.29) is 23.5 Å². The van der Waals surface area contributed by atoms with Gasteiger partial charge in [-0.2, -0.15) is 5.10 Å². The minimum atomic E-state index is -3.00. The Morgan fingerprint density at radius 3 is 2.52 bits per heavy atom. The Bertz CT molecular complexity index is 885. The Kier molecular flexibility index (Phi) is 4.55. The number of rotatable bonds is 4. The number of nitrogens with one attached hydrogen (secondary N) is 1. The molecule has 134 valence electrons. The standard InChI is InChI=1S/C17H22N4O3S/c1-12-10-16(19-21(12)15-8-9-25(23,24)11-15)17(22)18-13-4-6-14(7-5-13)20(2)3/h4-7,10,15H,8-9,11H2,1-3H3,(H,18,22). The first-order chi connectivity index (χ1) is 11.7. The van der Waals surface area contributed by atoms with Crippen molar-refractivity contribution in [3.63, 3.8) is 0 Å². The lowest BCUT2D eigenvalue weighted by molar-refractivity contribution is 0.102. The van der Waals surface area contributed by atoms with Gasteiger partial charge in [-0.1, -0.05) is 0 Å². The number of aromatic nitrogens is 2. The van der Waals surface area contributed by atoms with Crippen LogP contribution in [-0.4, -0.2) is 49.7 Å². The fourth-order valence-electron chi connectivity index (χ4n) is 2.97. The highest BCUT2D eigenvalue weighted by Crippen LogP contribution is 2.25. The number of carbonyl (C=O) groups is 1. The molecule has 1 aromatic heterocycles. The fourth-order valence-corrected chi connectivity index (χ4v) is 4.67. The fraction of sp³-hybridized carbons (Fsp3) is 0.412. The molecule has 1 amide bonds. The molecule has 1 aliphatic heterocycles. The van der Waals surface area contributed by atoms with Crippen LogP contribution in [-0.2, 0) is 9.84 Å². The molecule has 1 aliphatic rings. The predicted molar refractivity (Wildman–Crippen MR) is 98.0 cm³/mol. The van der Waals surface area contributed by atoms with Crippen molar-refractivity contribution in [3.05, 3.63) is 41.7 Å². The smallest absolute Gasteiger partial charge is 0.276 e. The number of nitrogens with zero attached hydrogens (tertiary/aromatic N) is 3. The predicted octanol–water partition coefficient (Wildman–Crippen LogP) is 1.87. The van der Waals surface area contributed by atoms with Gasteiger partial charge in [0.2, 0.25) is 0 Å². The van der Waals surface area contributed by atoms with Gasteiger partial charge in [-0.05, 0) is 43.7 Å². The minimum Gasteiger partial charge on any atom is -0.378 e. The van der Waals surface area contributed by atoms with E-state index in [1.165, 1.54) is 0 Å². The van der Waals surface area contributed by atoms with Crippen molar-refractivity contribution in [3.8, 4) is 0 Å². The first-order valence-electron chi connectivity index (χ1n) is 8.10. The largest absolute Gasteiger partial charge is 0.378 e. The third kappa shape index (κ3) is 3.84. The zero-order valence-electron chi connectivity index (χ0n) is 14.6. The van der Waals surface area contributed by atoms with E-state index in [1.807, 2.05) is 50.2 Å². The summed E-state index contributed by atoms with van der Waals surface area (Å²) < 4.78 is 25.0. The van der Waals surface area contributed by atoms with Crippen molar-refractivity contribution < 1.29 is 13.2 Å². The summed E-state index contributed by atoms with van der Waals surface area (Å²) >= 11 is 0. The van der Waals surface area contributed by atoms with Gasteiger partial charge in [0.15, 0.2) is 15.5 Å². The second-order valence-corrected chi connectivity index (χ2v) is 8.80. The SMILES string of the molecule is Cc1cc(C(=O)Nc2ccc(N(C)C)cc2)nn1C1CCS(=O)(=O)C1. The molecular formula is C17H22N4O3S. The van der Waals surface area contributed by atoms with Crippen LogP contribution in [0.15, 0.2) is 30.3 Å². The van der Waals surface area contributed by atoms with Gasteiger partial charge < -0.3 is 10.2 Å². The molecule has 1 aromatic carbocycles. The van der Waals surface area contributed by atoms with Crippen LogP contribution in [0.3, 0.4) is 0 Å². The number of amides is 1. The summed E-state index contributed by atoms with van der Waals surface area (Å²) in [6.07, 6.45) is 0.540. The van der Waals surface area contributed by atoms with Gasteiger partial charge in [0.05, 0.1) is 17.5 Å². The molecule has 7 nitrogen and oxygen atoms in total. The Morgan fingerprint density at radius 1 is 1.28 bits per heavy atom. The molecule has 8 heteroatoms. The zero-order valence-corrected chi connectivity index (χ0v) is 15.4. The van der Waals surface area contributed by atoms with Gasteiger partial charge in [0, 0.05) is 31.2 Å². The monoisotopic (exact) mass is 362 g/mol. The third-order valence-electron chi connectivity index (χ3n) is 4.35. The van der Waals surface area contributed by atoms with Gasteiger partial charge >= 0.3 is 0 Å². The lowest BCUT2D eigenvalue weighted by Crippen LogP contribution is -2.16. The number of hydrogen-bond acceptors (Lipinski definition) is 5. The summed E-state index contributed by atoms with van der Waals surface area (Å²) in [6.45, 7) is 1.83. The highest BCUT2D eigenvalue weighted by Gasteiger charge is 2.31. The van der Waals surface area contributed by atoms with E-state index in [1.54, 1.807) is 10.7 Å². The quantitative estimate of drug-likeness (QED) is 0.898. The molecule has 0 saturated carbocycles. The Morgan fingerprint density at radius 2 is 1.96 bits per heavy atom. The molecule has 0 bridgehead atoms. The molecule has 3 rings (SSSR count). The summed E-state index contributed by atoms with van der Waals surface area (Å²) in [4.78, 5) is 14.4. The molecule has 25 heavy (non-hydrogen) atoms. The van der Waals surface area contributed by atoms with E-state index in [2.05, 4.69) is 10.4 Å². The summed E-state index contributed by atoms with van der Waals surface area (Å²) in [5, 5.41) is 7.15. The molecule has 1 fully saturated rings. The first kappa shape index (κ1) is 17.5. The number of carbonyl (C=O) groups excluding carboxylic acids is 1. The second-order valence-electron chi connectivity index (χ2n) is 6.57. The van der Waals surface area contributed by atoms with Gasteiger partial charge in [-0.15, -0.1) is 0 Å². The summed E-state index contributed by atoms with van der Waals surface area (Å²) in [5.74, 6) is -0.0421. The van der Waals surface area contributed by atoms with E-state index >= 15 is 0 Å². The molecule has 0 spiro atoms. The Hall–Kier alpha value is -2.35. The summed E-state index contributed by atoms with van der Waals surface area (Å²) in [6, 6.07) is 9.01. The molecule has 2 aromatic rings. The Balaban J connectivity index is 1.74. The van der Waals surface area contributed by atoms with Crippen LogP contribution in [0.1, 0.15) is 28.6 Å². The van der Waals surface area contributed by atoms with Crippen molar-refractivity contribution in [1.29, 1.82) is 0 Å². The van der Waals surface area contributed by atoms with Crippen LogP contribution in [0, 0.1) is 6.92 Å². The molecule has 1 unspecified atom stereocenters. The van der Waals surface area contributed by atoms with Gasteiger partial charge in [0.1, 0.15) is 0 Å². The molecule has 0 aliphatic carbocycles. The highest BCUT2D eigenvalue weighted by molar-refractivity contribution is 7.91. The lowest BCUT2D eigenvalue weighted by Gasteiger charge is -2.12. The van der Waals surface area contributed by atoms with Crippen LogP contribution in [0.2, 0.25) is 0 Å². The number of hydrogen-bond donors (Lipinski definition) is 1. The summed E-state index contributed by atoms with van der Waals surface area (Å²) in [5.41, 5.74) is 2.81. The van der Waals surface area contributed by atoms with E-state index in [4.69, 9.17) is 0 Å². The van der Waals surface area contributed by atoms with Gasteiger partial charge in [-0.3, -0.25) is 9.48 Å². The van der Waals surface area contributed by atoms with Crippen LogP contribution in [0.25, 0.3) is 0 Å². The number of aryl methyl sites for hydroxylation is 1. The van der Waals surface area contributed by atoms with Crippen LogP contribution < -0.4 is 10.2 Å². The molecular weight excluding hydrogens is 340 g/mol. The highest BCUT2D eigenvalue weighted by atomic mass is 32.2. The summed E-state index contributed by atoms with van der Waals surface area (Å²) in [7, 11) is 0.905. The van der Waals surface area contributed by atoms with E-state index < -0.39 is 9.84 Å². The number of benzene rings is 1. The number of sulfone groups is 1. The molecule has 1 N–H and O–H groups in total. The van der Waals surface area contributed by atoms with Crippen molar-refractivity contribution >= 4 is 27.1 Å². The zero-order chi connectivity index (χ0) is 18.2. The van der Waals surface area contributed by atoms with Crippen molar-refractivity contribution in [2.75, 3.05) is 35.8 Å². The van der Waals surface area contributed by atoms with Crippen LogP contribution in [0.4, 0.5) is 11.4 Å². The lowest BCUT2D eigenvalue weighted by atomic mass is 10.2. The molecule has 0 radical (unpaired) electrons. The van der Waals surface area contributed by atoms with Gasteiger partial charge in [0.25, 0.3) is 5.91 Å². The average Bonchev–Trinajstić information content (AvgIpc) is 3.10. The maximum absolute atomic E-state index is 12.4. The van der Waals surface area contributed by atoms with Crippen LogP contribution >= 0.6 is 0 Å². The van der Waals surface area contributed by atoms with Crippen LogP contribution in [0.5, 0.6) is 0 Å². The minimum absolute atomic E-state index is 0.0859. The van der Waals surface area contributed by atoms with Crippen molar-refractivity contribution in [2.45, 2.75) is 19.4 Å². The van der Waals surface area contributed by atoms with E-state index in [0.29, 0.717) is 17.8 Å².